The normalized spacial score (nSPS) is 23.4. The first-order chi connectivity index (χ1) is 10.3. The minimum atomic E-state index is -0.555. The number of benzene rings is 1. The molecule has 2 fully saturated rings. The summed E-state index contributed by atoms with van der Waals surface area (Å²) in [5, 5.41) is 9.37. The van der Waals surface area contributed by atoms with Gasteiger partial charge in [0.15, 0.2) is 0 Å². The maximum Gasteiger partial charge on any atom is 0.240 e. The van der Waals surface area contributed by atoms with Gasteiger partial charge in [0.05, 0.1) is 6.07 Å². The first-order valence-corrected chi connectivity index (χ1v) is 7.74. The SMILES string of the molecule is N#CC(Cc1ccccc1)C(=O)N1CCN2CCCC2C1. The molecule has 0 aliphatic carbocycles. The Labute approximate surface area is 126 Å². The highest BCUT2D eigenvalue weighted by atomic mass is 16.2. The first kappa shape index (κ1) is 14.1. The van der Waals surface area contributed by atoms with Crippen molar-refractivity contribution in [3.05, 3.63) is 35.9 Å². The van der Waals surface area contributed by atoms with Crippen LogP contribution in [0.2, 0.25) is 0 Å². The Hall–Kier alpha value is -1.86. The van der Waals surface area contributed by atoms with Crippen LogP contribution >= 0.6 is 0 Å². The summed E-state index contributed by atoms with van der Waals surface area (Å²) in [5.74, 6) is -0.548. The fourth-order valence-electron chi connectivity index (χ4n) is 3.45. The second-order valence-corrected chi connectivity index (χ2v) is 5.99. The monoisotopic (exact) mass is 283 g/mol. The molecule has 1 aromatic rings. The number of carbonyl (C=O) groups excluding carboxylic acids is 1. The van der Waals surface area contributed by atoms with Crippen molar-refractivity contribution < 1.29 is 4.79 Å². The highest BCUT2D eigenvalue weighted by molar-refractivity contribution is 5.81. The average Bonchev–Trinajstić information content (AvgIpc) is 3.00. The standard InChI is InChI=1S/C17H21N3O/c18-12-15(11-14-5-2-1-3-6-14)17(21)20-10-9-19-8-4-7-16(19)13-20/h1-3,5-6,15-16H,4,7-11,13H2. The largest absolute Gasteiger partial charge is 0.339 e. The van der Waals surface area contributed by atoms with Gasteiger partial charge in [-0.1, -0.05) is 30.3 Å². The van der Waals surface area contributed by atoms with Crippen molar-refractivity contribution in [1.82, 2.24) is 9.80 Å². The molecule has 1 aromatic carbocycles. The predicted molar refractivity (Wildman–Crippen MR) is 80.4 cm³/mol. The van der Waals surface area contributed by atoms with E-state index in [2.05, 4.69) is 11.0 Å². The maximum atomic E-state index is 12.6. The zero-order valence-electron chi connectivity index (χ0n) is 12.2. The van der Waals surface area contributed by atoms with Crippen molar-refractivity contribution in [3.63, 3.8) is 0 Å². The third kappa shape index (κ3) is 3.08. The Morgan fingerprint density at radius 3 is 2.86 bits per heavy atom. The molecule has 1 amide bonds. The Morgan fingerprint density at radius 1 is 1.29 bits per heavy atom. The van der Waals surface area contributed by atoms with Gasteiger partial charge >= 0.3 is 0 Å². The van der Waals surface area contributed by atoms with Gasteiger partial charge in [-0.3, -0.25) is 9.69 Å². The number of rotatable bonds is 3. The van der Waals surface area contributed by atoms with E-state index in [0.717, 1.165) is 25.2 Å². The molecular weight excluding hydrogens is 262 g/mol. The lowest BCUT2D eigenvalue weighted by Gasteiger charge is -2.38. The van der Waals surface area contributed by atoms with Gasteiger partial charge in [0.25, 0.3) is 0 Å². The maximum absolute atomic E-state index is 12.6. The molecule has 110 valence electrons. The van der Waals surface area contributed by atoms with E-state index >= 15 is 0 Å². The van der Waals surface area contributed by atoms with E-state index in [4.69, 9.17) is 0 Å². The van der Waals surface area contributed by atoms with Crippen molar-refractivity contribution in [2.24, 2.45) is 5.92 Å². The van der Waals surface area contributed by atoms with Gasteiger partial charge in [-0.15, -0.1) is 0 Å². The zero-order chi connectivity index (χ0) is 14.7. The van der Waals surface area contributed by atoms with Gasteiger partial charge in [-0.05, 0) is 31.4 Å². The smallest absolute Gasteiger partial charge is 0.240 e. The molecule has 0 bridgehead atoms. The van der Waals surface area contributed by atoms with E-state index in [1.54, 1.807) is 0 Å². The number of amides is 1. The fraction of sp³-hybridized carbons (Fsp3) is 0.529. The number of nitriles is 1. The van der Waals surface area contributed by atoms with Gasteiger partial charge in [-0.25, -0.2) is 0 Å². The zero-order valence-corrected chi connectivity index (χ0v) is 12.2. The number of fused-ring (bicyclic) bond motifs is 1. The molecule has 4 heteroatoms. The Balaban J connectivity index is 1.64. The second kappa shape index (κ2) is 6.28. The molecule has 0 spiro atoms. The summed E-state index contributed by atoms with van der Waals surface area (Å²) in [6.07, 6.45) is 2.93. The van der Waals surface area contributed by atoms with Crippen molar-refractivity contribution in [3.8, 4) is 6.07 Å². The van der Waals surface area contributed by atoms with Crippen LogP contribution in [0.25, 0.3) is 0 Å². The van der Waals surface area contributed by atoms with Crippen molar-refractivity contribution in [1.29, 1.82) is 5.26 Å². The van der Waals surface area contributed by atoms with E-state index in [1.807, 2.05) is 35.2 Å². The Kier molecular flexibility index (Phi) is 4.21. The fourth-order valence-corrected chi connectivity index (χ4v) is 3.45. The third-order valence-electron chi connectivity index (χ3n) is 4.64. The molecule has 0 saturated carbocycles. The molecular formula is C17H21N3O. The predicted octanol–water partition coefficient (Wildman–Crippen LogP) is 1.68. The quantitative estimate of drug-likeness (QED) is 0.848. The van der Waals surface area contributed by atoms with Gasteiger partial charge < -0.3 is 4.90 Å². The molecule has 3 rings (SSSR count). The third-order valence-corrected chi connectivity index (χ3v) is 4.64. The van der Waals surface area contributed by atoms with E-state index < -0.39 is 5.92 Å². The molecule has 21 heavy (non-hydrogen) atoms. The lowest BCUT2D eigenvalue weighted by molar-refractivity contribution is -0.136. The summed E-state index contributed by atoms with van der Waals surface area (Å²) < 4.78 is 0. The van der Waals surface area contributed by atoms with Crippen LogP contribution in [0.3, 0.4) is 0 Å². The minimum absolute atomic E-state index is 0.00732. The molecule has 0 radical (unpaired) electrons. The number of hydrogen-bond acceptors (Lipinski definition) is 3. The van der Waals surface area contributed by atoms with Crippen LogP contribution in [0.15, 0.2) is 30.3 Å². The summed E-state index contributed by atoms with van der Waals surface area (Å²) in [7, 11) is 0. The van der Waals surface area contributed by atoms with Crippen molar-refractivity contribution >= 4 is 5.91 Å². The molecule has 2 unspecified atom stereocenters. The number of nitrogens with zero attached hydrogens (tertiary/aromatic N) is 3. The van der Waals surface area contributed by atoms with Crippen LogP contribution in [0.4, 0.5) is 0 Å². The van der Waals surface area contributed by atoms with Gasteiger partial charge in [0.2, 0.25) is 5.91 Å². The molecule has 2 aliphatic heterocycles. The molecule has 2 aliphatic rings. The molecule has 4 nitrogen and oxygen atoms in total. The summed E-state index contributed by atoms with van der Waals surface area (Å²) >= 11 is 0. The lowest BCUT2D eigenvalue weighted by Crippen LogP contribution is -2.53. The number of carbonyl (C=O) groups is 1. The summed E-state index contributed by atoms with van der Waals surface area (Å²) in [6.45, 7) is 3.69. The van der Waals surface area contributed by atoms with E-state index in [-0.39, 0.29) is 5.91 Å². The summed E-state index contributed by atoms with van der Waals surface area (Å²) in [4.78, 5) is 17.0. The topological polar surface area (TPSA) is 47.3 Å². The van der Waals surface area contributed by atoms with Crippen molar-refractivity contribution in [2.75, 3.05) is 26.2 Å². The molecule has 2 atom stereocenters. The summed E-state index contributed by atoms with van der Waals surface area (Å²) in [5.41, 5.74) is 1.05. The second-order valence-electron chi connectivity index (χ2n) is 5.99. The summed E-state index contributed by atoms with van der Waals surface area (Å²) in [6, 6.07) is 12.5. The van der Waals surface area contributed by atoms with Crippen LogP contribution in [0.5, 0.6) is 0 Å². The van der Waals surface area contributed by atoms with Gasteiger partial charge in [0, 0.05) is 25.7 Å². The van der Waals surface area contributed by atoms with Crippen LogP contribution in [-0.2, 0) is 11.2 Å². The van der Waals surface area contributed by atoms with Crippen LogP contribution in [0, 0.1) is 17.2 Å². The molecule has 2 saturated heterocycles. The Morgan fingerprint density at radius 2 is 2.10 bits per heavy atom. The molecule has 0 N–H and O–H groups in total. The van der Waals surface area contributed by atoms with Crippen LogP contribution < -0.4 is 0 Å². The van der Waals surface area contributed by atoms with Crippen molar-refractivity contribution in [2.45, 2.75) is 25.3 Å². The number of hydrogen-bond donors (Lipinski definition) is 0. The molecule has 0 aromatic heterocycles. The van der Waals surface area contributed by atoms with Crippen LogP contribution in [0.1, 0.15) is 18.4 Å². The molecule has 2 heterocycles. The number of piperazine rings is 1. The highest BCUT2D eigenvalue weighted by Gasteiger charge is 2.34. The highest BCUT2D eigenvalue weighted by Crippen LogP contribution is 2.23. The minimum Gasteiger partial charge on any atom is -0.339 e. The van der Waals surface area contributed by atoms with Gasteiger partial charge in [-0.2, -0.15) is 5.26 Å². The van der Waals surface area contributed by atoms with E-state index in [0.29, 0.717) is 12.5 Å². The van der Waals surface area contributed by atoms with E-state index in [1.165, 1.54) is 19.4 Å². The first-order valence-electron chi connectivity index (χ1n) is 7.74. The van der Waals surface area contributed by atoms with Gasteiger partial charge in [0.1, 0.15) is 5.92 Å². The van der Waals surface area contributed by atoms with E-state index in [9.17, 15) is 10.1 Å². The van der Waals surface area contributed by atoms with Crippen LogP contribution in [-0.4, -0.2) is 47.9 Å². The average molecular weight is 283 g/mol. The Bertz CT molecular complexity index is 537. The lowest BCUT2D eigenvalue weighted by atomic mass is 9.98.